The van der Waals surface area contributed by atoms with Gasteiger partial charge in [-0.1, -0.05) is 27.2 Å². The average Bonchev–Trinajstić information content (AvgIpc) is 2.81. The third-order valence-electron chi connectivity index (χ3n) is 2.96. The molecule has 19 heavy (non-hydrogen) atoms. The first-order chi connectivity index (χ1) is 9.02. The van der Waals surface area contributed by atoms with Crippen LogP contribution in [0, 0.1) is 0 Å². The highest BCUT2D eigenvalue weighted by Gasteiger charge is 2.12. The van der Waals surface area contributed by atoms with Crippen molar-refractivity contribution in [3.63, 3.8) is 0 Å². The molecule has 0 saturated heterocycles. The predicted octanol–water partition coefficient (Wildman–Crippen LogP) is 4.40. The number of rotatable bonds is 9. The van der Waals surface area contributed by atoms with Crippen LogP contribution in [-0.4, -0.2) is 35.4 Å². The highest BCUT2D eigenvalue weighted by Crippen LogP contribution is 2.33. The Labute approximate surface area is 126 Å². The van der Waals surface area contributed by atoms with Crippen molar-refractivity contribution in [3.05, 3.63) is 17.0 Å². The van der Waals surface area contributed by atoms with Crippen molar-refractivity contribution >= 4 is 23.1 Å². The largest absolute Gasteiger partial charge is 0.388 e. The Hall–Kier alpha value is -0.0300. The van der Waals surface area contributed by atoms with Crippen molar-refractivity contribution in [1.29, 1.82) is 0 Å². The van der Waals surface area contributed by atoms with Crippen LogP contribution in [0.25, 0.3) is 0 Å². The number of nitrogens with zero attached hydrogens (tertiary/aromatic N) is 1. The van der Waals surface area contributed by atoms with E-state index in [4.69, 9.17) is 0 Å². The molecule has 0 radical (unpaired) electrons. The molecular formula is C15H27NOS2. The Bertz CT molecular complexity index is 352. The molecule has 1 unspecified atom stereocenters. The Balaban J connectivity index is 2.36. The Kier molecular flexibility index (Phi) is 8.07. The minimum absolute atomic E-state index is 0.310. The fourth-order valence-corrected chi connectivity index (χ4v) is 4.26. The van der Waals surface area contributed by atoms with Crippen molar-refractivity contribution < 1.29 is 5.11 Å². The van der Waals surface area contributed by atoms with Gasteiger partial charge in [0.05, 0.1) is 10.3 Å². The number of aliphatic hydroxyl groups is 1. The molecule has 2 nitrogen and oxygen atoms in total. The molecule has 110 valence electrons. The molecule has 0 spiro atoms. The third kappa shape index (κ3) is 6.80. The van der Waals surface area contributed by atoms with E-state index in [0.717, 1.165) is 24.4 Å². The first-order valence-electron chi connectivity index (χ1n) is 7.16. The highest BCUT2D eigenvalue weighted by molar-refractivity contribution is 8.01. The van der Waals surface area contributed by atoms with E-state index >= 15 is 0 Å². The van der Waals surface area contributed by atoms with Gasteiger partial charge in [-0.2, -0.15) is 0 Å². The summed E-state index contributed by atoms with van der Waals surface area (Å²) in [5, 5.41) is 10.8. The van der Waals surface area contributed by atoms with Crippen molar-refractivity contribution in [2.24, 2.45) is 0 Å². The second kappa shape index (κ2) is 9.01. The van der Waals surface area contributed by atoms with Crippen molar-refractivity contribution in [1.82, 2.24) is 4.90 Å². The molecule has 4 heteroatoms. The van der Waals surface area contributed by atoms with E-state index in [1.807, 2.05) is 11.8 Å². The molecule has 0 aliphatic rings. The second-order valence-corrected chi connectivity index (χ2v) is 8.28. The molecule has 0 amide bonds. The van der Waals surface area contributed by atoms with E-state index in [2.05, 4.69) is 44.9 Å². The minimum Gasteiger partial charge on any atom is -0.388 e. The molecule has 1 N–H and O–H groups in total. The average molecular weight is 302 g/mol. The van der Waals surface area contributed by atoms with Gasteiger partial charge in [0.1, 0.15) is 0 Å². The van der Waals surface area contributed by atoms with Gasteiger partial charge < -0.3 is 10.0 Å². The Morgan fingerprint density at radius 1 is 1.32 bits per heavy atom. The van der Waals surface area contributed by atoms with E-state index < -0.39 is 0 Å². The van der Waals surface area contributed by atoms with Crippen molar-refractivity contribution in [3.8, 4) is 0 Å². The maximum Gasteiger partial charge on any atom is 0.0894 e. The van der Waals surface area contributed by atoms with Gasteiger partial charge in [0.2, 0.25) is 0 Å². The Morgan fingerprint density at radius 3 is 2.68 bits per heavy atom. The summed E-state index contributed by atoms with van der Waals surface area (Å²) in [4.78, 5) is 3.41. The predicted molar refractivity (Wildman–Crippen MR) is 87.3 cm³/mol. The number of hydrogen-bond donors (Lipinski definition) is 1. The normalized spacial score (nSPS) is 13.4. The molecule has 0 bridgehead atoms. The molecule has 0 fully saturated rings. The zero-order valence-corrected chi connectivity index (χ0v) is 14.2. The number of thiophene rings is 1. The molecule has 0 saturated carbocycles. The lowest BCUT2D eigenvalue weighted by molar-refractivity contribution is 0.152. The lowest BCUT2D eigenvalue weighted by Gasteiger charge is -2.17. The second-order valence-electron chi connectivity index (χ2n) is 5.28. The van der Waals surface area contributed by atoms with E-state index in [1.54, 1.807) is 11.3 Å². The number of unbranched alkanes of at least 4 members (excludes halogenated alkanes) is 1. The van der Waals surface area contributed by atoms with Crippen LogP contribution in [0.1, 0.15) is 51.0 Å². The summed E-state index contributed by atoms with van der Waals surface area (Å²) >= 11 is 3.60. The first-order valence-corrected chi connectivity index (χ1v) is 8.85. The monoisotopic (exact) mass is 301 g/mol. The van der Waals surface area contributed by atoms with E-state index in [9.17, 15) is 5.11 Å². The quantitative estimate of drug-likeness (QED) is 0.684. The fourth-order valence-electron chi connectivity index (χ4n) is 1.83. The lowest BCUT2D eigenvalue weighted by Crippen LogP contribution is -2.22. The summed E-state index contributed by atoms with van der Waals surface area (Å²) in [6, 6.07) is 4.21. The molecule has 1 aromatic heterocycles. The summed E-state index contributed by atoms with van der Waals surface area (Å²) in [5.41, 5.74) is 0. The molecule has 0 aliphatic heterocycles. The van der Waals surface area contributed by atoms with Crippen LogP contribution in [0.4, 0.5) is 0 Å². The van der Waals surface area contributed by atoms with Gasteiger partial charge in [-0.15, -0.1) is 23.1 Å². The van der Waals surface area contributed by atoms with Crippen LogP contribution in [0.15, 0.2) is 16.3 Å². The maximum atomic E-state index is 10.2. The standard InChI is InChI=1S/C15H27NOS2/c1-5-6-10-16(4)11-9-13(17)14-7-8-15(19-14)18-12(2)3/h7-8,12-13,17H,5-6,9-11H2,1-4H3. The molecular weight excluding hydrogens is 274 g/mol. The first kappa shape index (κ1) is 17.0. The zero-order valence-electron chi connectivity index (χ0n) is 12.6. The summed E-state index contributed by atoms with van der Waals surface area (Å²) in [6.07, 6.45) is 2.98. The molecule has 1 heterocycles. The summed E-state index contributed by atoms with van der Waals surface area (Å²) < 4.78 is 1.31. The molecule has 1 aromatic rings. The van der Waals surface area contributed by atoms with Crippen LogP contribution < -0.4 is 0 Å². The van der Waals surface area contributed by atoms with Gasteiger partial charge in [-0.05, 0) is 38.6 Å². The molecule has 1 rings (SSSR count). The summed E-state index contributed by atoms with van der Waals surface area (Å²) in [7, 11) is 2.14. The van der Waals surface area contributed by atoms with Gasteiger partial charge in [-0.25, -0.2) is 0 Å². The SMILES string of the molecule is CCCCN(C)CCC(O)c1ccc(SC(C)C)s1. The molecule has 0 aromatic carbocycles. The van der Waals surface area contributed by atoms with Crippen LogP contribution in [-0.2, 0) is 0 Å². The number of aliphatic hydroxyl groups excluding tert-OH is 1. The van der Waals surface area contributed by atoms with Crippen LogP contribution >= 0.6 is 23.1 Å². The van der Waals surface area contributed by atoms with Gasteiger partial charge >= 0.3 is 0 Å². The highest BCUT2D eigenvalue weighted by atomic mass is 32.2. The van der Waals surface area contributed by atoms with Crippen LogP contribution in [0.5, 0.6) is 0 Å². The maximum absolute atomic E-state index is 10.2. The molecule has 0 aliphatic carbocycles. The van der Waals surface area contributed by atoms with Crippen LogP contribution in [0.3, 0.4) is 0 Å². The summed E-state index contributed by atoms with van der Waals surface area (Å²) in [6.45, 7) is 8.70. The van der Waals surface area contributed by atoms with Crippen molar-refractivity contribution in [2.75, 3.05) is 20.1 Å². The third-order valence-corrected chi connectivity index (χ3v) is 5.32. The van der Waals surface area contributed by atoms with E-state index in [1.165, 1.54) is 17.1 Å². The zero-order chi connectivity index (χ0) is 14.3. The fraction of sp³-hybridized carbons (Fsp3) is 0.733. The van der Waals surface area contributed by atoms with Gasteiger partial charge in [-0.3, -0.25) is 0 Å². The van der Waals surface area contributed by atoms with Gasteiger partial charge in [0.15, 0.2) is 0 Å². The van der Waals surface area contributed by atoms with E-state index in [-0.39, 0.29) is 6.10 Å². The van der Waals surface area contributed by atoms with Gasteiger partial charge in [0.25, 0.3) is 0 Å². The lowest BCUT2D eigenvalue weighted by atomic mass is 10.2. The van der Waals surface area contributed by atoms with E-state index in [0.29, 0.717) is 5.25 Å². The minimum atomic E-state index is -0.310. The number of thioether (sulfide) groups is 1. The summed E-state index contributed by atoms with van der Waals surface area (Å²) in [5.74, 6) is 0. The van der Waals surface area contributed by atoms with Gasteiger partial charge in [0, 0.05) is 16.7 Å². The molecule has 1 atom stereocenters. The number of hydrogen-bond acceptors (Lipinski definition) is 4. The Morgan fingerprint density at radius 2 is 2.05 bits per heavy atom. The van der Waals surface area contributed by atoms with Crippen LogP contribution in [0.2, 0.25) is 0 Å². The topological polar surface area (TPSA) is 23.5 Å². The smallest absolute Gasteiger partial charge is 0.0894 e. The van der Waals surface area contributed by atoms with Crippen molar-refractivity contribution in [2.45, 2.75) is 55.6 Å².